The number of carbonyl (C=O) groups excluding carboxylic acids is 2. The molecule has 0 saturated heterocycles. The number of nitrogens with one attached hydrogen (secondary N) is 1. The molecule has 2 rings (SSSR count). The highest BCUT2D eigenvalue weighted by molar-refractivity contribution is 7.12. The predicted octanol–water partition coefficient (Wildman–Crippen LogP) is 1.70. The Kier molecular flexibility index (Phi) is 5.96. The molecule has 2 heterocycles. The maximum Gasteiger partial charge on any atom is 0.305 e. The average Bonchev–Trinajstić information content (AvgIpc) is 3.16. The number of carbonyl (C=O) groups is 2. The van der Waals surface area contributed by atoms with Gasteiger partial charge in [-0.25, -0.2) is 0 Å². The lowest BCUT2D eigenvalue weighted by Crippen LogP contribution is -2.24. The second-order valence-electron chi connectivity index (χ2n) is 4.33. The molecule has 1 N–H and O–H groups in total. The molecule has 0 aliphatic carbocycles. The Hall–Kier alpha value is -2.15. The average molecular weight is 307 g/mol. The Labute approximate surface area is 126 Å². The maximum atomic E-state index is 11.6. The third-order valence-corrected chi connectivity index (χ3v) is 3.60. The zero-order chi connectivity index (χ0) is 14.9. The normalized spacial score (nSPS) is 10.3. The van der Waals surface area contributed by atoms with Gasteiger partial charge in [0.2, 0.25) is 0 Å². The lowest BCUT2D eigenvalue weighted by atomic mass is 10.3. The number of nitrogens with zero attached hydrogens (tertiary/aromatic N) is 2. The van der Waals surface area contributed by atoms with Crippen molar-refractivity contribution in [2.45, 2.75) is 19.4 Å². The van der Waals surface area contributed by atoms with Crippen molar-refractivity contribution in [3.8, 4) is 0 Å². The third-order valence-electron chi connectivity index (χ3n) is 2.73. The minimum atomic E-state index is -0.257. The molecule has 0 aliphatic heterocycles. The Morgan fingerprint density at radius 1 is 1.38 bits per heavy atom. The van der Waals surface area contributed by atoms with E-state index in [0.717, 1.165) is 0 Å². The molecule has 0 unspecified atom stereocenters. The van der Waals surface area contributed by atoms with Gasteiger partial charge >= 0.3 is 5.97 Å². The van der Waals surface area contributed by atoms with Crippen LogP contribution in [0, 0.1) is 0 Å². The molecule has 0 radical (unpaired) electrons. The highest BCUT2D eigenvalue weighted by Crippen LogP contribution is 2.07. The minimum Gasteiger partial charge on any atom is -0.464 e. The largest absolute Gasteiger partial charge is 0.464 e. The van der Waals surface area contributed by atoms with Crippen LogP contribution in [0.4, 0.5) is 0 Å². The van der Waals surface area contributed by atoms with Crippen molar-refractivity contribution in [3.63, 3.8) is 0 Å². The van der Waals surface area contributed by atoms with Gasteiger partial charge in [0, 0.05) is 25.4 Å². The summed E-state index contributed by atoms with van der Waals surface area (Å²) in [6.07, 6.45) is 4.35. The number of esters is 1. The molecule has 6 nitrogen and oxygen atoms in total. The van der Waals surface area contributed by atoms with E-state index < -0.39 is 0 Å². The third kappa shape index (κ3) is 5.39. The summed E-state index contributed by atoms with van der Waals surface area (Å²) in [6.45, 7) is 1.32. The van der Waals surface area contributed by atoms with Gasteiger partial charge in [-0.2, -0.15) is 5.10 Å². The molecular formula is C14H17N3O3S. The van der Waals surface area contributed by atoms with Crippen LogP contribution >= 0.6 is 11.3 Å². The van der Waals surface area contributed by atoms with Crippen molar-refractivity contribution in [3.05, 3.63) is 40.8 Å². The van der Waals surface area contributed by atoms with Gasteiger partial charge in [-0.05, 0) is 23.9 Å². The van der Waals surface area contributed by atoms with Crippen molar-refractivity contribution in [1.82, 2.24) is 15.1 Å². The molecule has 2 aromatic heterocycles. The van der Waals surface area contributed by atoms with Crippen LogP contribution in [0.5, 0.6) is 0 Å². The molecule has 0 saturated carbocycles. The van der Waals surface area contributed by atoms with Crippen LogP contribution in [0.25, 0.3) is 0 Å². The zero-order valence-corrected chi connectivity index (χ0v) is 12.3. The monoisotopic (exact) mass is 307 g/mol. The summed E-state index contributed by atoms with van der Waals surface area (Å²) < 4.78 is 6.79. The fourth-order valence-corrected chi connectivity index (χ4v) is 2.33. The molecule has 112 valence electrons. The van der Waals surface area contributed by atoms with Crippen molar-refractivity contribution in [2.75, 3.05) is 13.2 Å². The topological polar surface area (TPSA) is 73.2 Å². The maximum absolute atomic E-state index is 11.6. The molecule has 0 aliphatic rings. The van der Waals surface area contributed by atoms with Gasteiger partial charge in [0.15, 0.2) is 0 Å². The molecule has 2 aromatic rings. The van der Waals surface area contributed by atoms with E-state index in [1.54, 1.807) is 16.9 Å². The van der Waals surface area contributed by atoms with Crippen molar-refractivity contribution < 1.29 is 14.3 Å². The first kappa shape index (κ1) is 15.2. The zero-order valence-electron chi connectivity index (χ0n) is 11.5. The van der Waals surface area contributed by atoms with Crippen molar-refractivity contribution >= 4 is 23.2 Å². The first-order valence-corrected chi connectivity index (χ1v) is 7.58. The highest BCUT2D eigenvalue weighted by atomic mass is 32.1. The Bertz CT molecular complexity index is 552. The van der Waals surface area contributed by atoms with E-state index in [9.17, 15) is 9.59 Å². The van der Waals surface area contributed by atoms with E-state index >= 15 is 0 Å². The highest BCUT2D eigenvalue weighted by Gasteiger charge is 2.06. The van der Waals surface area contributed by atoms with E-state index in [4.69, 9.17) is 4.74 Å². The number of thiophene rings is 1. The Morgan fingerprint density at radius 3 is 3.00 bits per heavy atom. The lowest BCUT2D eigenvalue weighted by Gasteiger charge is -2.06. The molecule has 0 aromatic carbocycles. The standard InChI is InChI=1S/C14H17N3O3S/c18-13(20-10-9-17-8-3-7-16-17)5-1-6-15-14(19)12-4-2-11-21-12/h2-4,7-8,11H,1,5-6,9-10H2,(H,15,19). The van der Waals surface area contributed by atoms with Crippen LogP contribution in [-0.2, 0) is 16.1 Å². The summed E-state index contributed by atoms with van der Waals surface area (Å²) >= 11 is 1.39. The molecular weight excluding hydrogens is 290 g/mol. The van der Waals surface area contributed by atoms with Crippen LogP contribution in [0.3, 0.4) is 0 Å². The molecule has 21 heavy (non-hydrogen) atoms. The molecule has 0 spiro atoms. The SMILES string of the molecule is O=C(CCCNC(=O)c1cccs1)OCCn1cccn1. The molecule has 7 heteroatoms. The van der Waals surface area contributed by atoms with E-state index in [0.29, 0.717) is 37.4 Å². The van der Waals surface area contributed by atoms with E-state index in [1.807, 2.05) is 23.7 Å². The summed E-state index contributed by atoms with van der Waals surface area (Å²) in [5.41, 5.74) is 0. The minimum absolute atomic E-state index is 0.1000. The van der Waals surface area contributed by atoms with Crippen LogP contribution < -0.4 is 5.32 Å². The number of amides is 1. The van der Waals surface area contributed by atoms with Gasteiger partial charge < -0.3 is 10.1 Å². The summed E-state index contributed by atoms with van der Waals surface area (Å²) in [5.74, 6) is -0.357. The first-order valence-electron chi connectivity index (χ1n) is 6.70. The van der Waals surface area contributed by atoms with Gasteiger partial charge in [-0.15, -0.1) is 11.3 Å². The molecule has 0 bridgehead atoms. The molecule has 1 amide bonds. The number of hydrogen-bond donors (Lipinski definition) is 1. The van der Waals surface area contributed by atoms with Crippen molar-refractivity contribution in [2.24, 2.45) is 0 Å². The Morgan fingerprint density at radius 2 is 2.29 bits per heavy atom. The van der Waals surface area contributed by atoms with Gasteiger partial charge in [0.1, 0.15) is 6.61 Å². The van der Waals surface area contributed by atoms with E-state index in [-0.39, 0.29) is 11.9 Å². The quantitative estimate of drug-likeness (QED) is 0.595. The van der Waals surface area contributed by atoms with Crippen LogP contribution in [-0.4, -0.2) is 34.8 Å². The Balaban J connectivity index is 1.52. The van der Waals surface area contributed by atoms with Crippen LogP contribution in [0.2, 0.25) is 0 Å². The van der Waals surface area contributed by atoms with Gasteiger partial charge in [-0.1, -0.05) is 6.07 Å². The second-order valence-corrected chi connectivity index (χ2v) is 5.27. The van der Waals surface area contributed by atoms with Crippen LogP contribution in [0.15, 0.2) is 36.0 Å². The fourth-order valence-electron chi connectivity index (χ4n) is 1.69. The smallest absolute Gasteiger partial charge is 0.305 e. The number of ether oxygens (including phenoxy) is 1. The van der Waals surface area contributed by atoms with Gasteiger partial charge in [-0.3, -0.25) is 14.3 Å². The summed E-state index contributed by atoms with van der Waals surface area (Å²) in [4.78, 5) is 23.8. The van der Waals surface area contributed by atoms with E-state index in [2.05, 4.69) is 10.4 Å². The van der Waals surface area contributed by atoms with Gasteiger partial charge in [0.25, 0.3) is 5.91 Å². The molecule has 0 fully saturated rings. The number of rotatable bonds is 8. The second kappa shape index (κ2) is 8.21. The summed E-state index contributed by atoms with van der Waals surface area (Å²) in [6, 6.07) is 5.41. The molecule has 0 atom stereocenters. The summed E-state index contributed by atoms with van der Waals surface area (Å²) in [5, 5.41) is 8.63. The predicted molar refractivity (Wildman–Crippen MR) is 79.1 cm³/mol. The fraction of sp³-hybridized carbons (Fsp3) is 0.357. The van der Waals surface area contributed by atoms with Crippen LogP contribution in [0.1, 0.15) is 22.5 Å². The van der Waals surface area contributed by atoms with Gasteiger partial charge in [0.05, 0.1) is 11.4 Å². The number of aromatic nitrogens is 2. The number of hydrogen-bond acceptors (Lipinski definition) is 5. The summed E-state index contributed by atoms with van der Waals surface area (Å²) in [7, 11) is 0. The van der Waals surface area contributed by atoms with Crippen molar-refractivity contribution in [1.29, 1.82) is 0 Å². The lowest BCUT2D eigenvalue weighted by molar-refractivity contribution is -0.144. The first-order chi connectivity index (χ1) is 10.3. The van der Waals surface area contributed by atoms with E-state index in [1.165, 1.54) is 11.3 Å².